The molecule has 0 N–H and O–H groups in total. The van der Waals surface area contributed by atoms with Crippen LogP contribution in [-0.4, -0.2) is 29.5 Å². The fraction of sp³-hybridized carbons (Fsp3) is 0.417. The molecule has 3 atom stereocenters. The molecule has 0 aromatic heterocycles. The number of hydrogen-bond donors (Lipinski definition) is 0. The van der Waals surface area contributed by atoms with Crippen LogP contribution in [0.2, 0.25) is 0 Å². The molecule has 2 aromatic carbocycles. The summed E-state index contributed by atoms with van der Waals surface area (Å²) >= 11 is 0. The summed E-state index contributed by atoms with van der Waals surface area (Å²) in [6, 6.07) is 16.3. The number of nitrogens with zero attached hydrogens (tertiary/aromatic N) is 1. The van der Waals surface area contributed by atoms with Crippen LogP contribution in [0.1, 0.15) is 60.3 Å². The first kappa shape index (κ1) is 18.7. The van der Waals surface area contributed by atoms with Crippen molar-refractivity contribution in [2.24, 2.45) is 0 Å². The van der Waals surface area contributed by atoms with Crippen molar-refractivity contribution in [1.29, 1.82) is 0 Å². The summed E-state index contributed by atoms with van der Waals surface area (Å²) in [5, 5.41) is 0. The lowest BCUT2D eigenvalue weighted by atomic mass is 9.75. The van der Waals surface area contributed by atoms with Gasteiger partial charge in [-0.2, -0.15) is 0 Å². The Bertz CT molecular complexity index is 877. The summed E-state index contributed by atoms with van der Waals surface area (Å²) < 4.78 is 5.23. The van der Waals surface area contributed by atoms with Gasteiger partial charge in [0.2, 0.25) is 5.91 Å². The molecule has 0 unspecified atom stereocenters. The normalized spacial score (nSPS) is 24.0. The van der Waals surface area contributed by atoms with E-state index in [4.69, 9.17) is 4.74 Å². The third-order valence-electron chi connectivity index (χ3n) is 6.13. The van der Waals surface area contributed by atoms with Crippen molar-refractivity contribution in [2.45, 2.75) is 57.4 Å². The maximum Gasteiger partial charge on any atom is 0.416 e. The Morgan fingerprint density at radius 1 is 1.11 bits per heavy atom. The molecule has 1 aliphatic carbocycles. The van der Waals surface area contributed by atoms with Gasteiger partial charge in [0.1, 0.15) is 6.61 Å². The van der Waals surface area contributed by atoms with Gasteiger partial charge < -0.3 is 4.74 Å². The number of amides is 2. The van der Waals surface area contributed by atoms with E-state index in [1.54, 1.807) is 0 Å². The zero-order valence-corrected chi connectivity index (χ0v) is 16.6. The molecular formula is C24H27NO3. The second kappa shape index (κ2) is 7.78. The van der Waals surface area contributed by atoms with E-state index in [1.807, 2.05) is 30.3 Å². The van der Waals surface area contributed by atoms with E-state index in [9.17, 15) is 9.59 Å². The lowest BCUT2D eigenvalue weighted by Gasteiger charge is -2.31. The average Bonchev–Trinajstić information content (AvgIpc) is 3.05. The van der Waals surface area contributed by atoms with E-state index in [0.717, 1.165) is 18.4 Å². The lowest BCUT2D eigenvalue weighted by molar-refractivity contribution is -0.129. The van der Waals surface area contributed by atoms with E-state index < -0.39 is 6.09 Å². The van der Waals surface area contributed by atoms with Crippen LogP contribution >= 0.6 is 0 Å². The third-order valence-corrected chi connectivity index (χ3v) is 6.13. The Kier molecular flexibility index (Phi) is 5.21. The van der Waals surface area contributed by atoms with Gasteiger partial charge in [-0.15, -0.1) is 0 Å². The Labute approximate surface area is 166 Å². The van der Waals surface area contributed by atoms with Crippen molar-refractivity contribution in [3.63, 3.8) is 0 Å². The molecule has 4 nitrogen and oxygen atoms in total. The highest BCUT2D eigenvalue weighted by Crippen LogP contribution is 2.41. The summed E-state index contributed by atoms with van der Waals surface area (Å²) in [6.07, 6.45) is 2.56. The molecule has 1 heterocycles. The Hall–Kier alpha value is -2.62. The maximum absolute atomic E-state index is 13.1. The van der Waals surface area contributed by atoms with Crippen LogP contribution in [0.4, 0.5) is 4.79 Å². The highest BCUT2D eigenvalue weighted by atomic mass is 16.6. The largest absolute Gasteiger partial charge is 0.447 e. The molecule has 2 aliphatic rings. The van der Waals surface area contributed by atoms with Crippen molar-refractivity contribution < 1.29 is 14.3 Å². The van der Waals surface area contributed by atoms with Crippen LogP contribution in [-0.2, 0) is 16.0 Å². The van der Waals surface area contributed by atoms with Crippen molar-refractivity contribution in [1.82, 2.24) is 4.90 Å². The molecule has 0 bridgehead atoms. The van der Waals surface area contributed by atoms with Crippen LogP contribution in [0.5, 0.6) is 0 Å². The summed E-state index contributed by atoms with van der Waals surface area (Å²) in [6.45, 7) is 4.61. The van der Waals surface area contributed by atoms with Gasteiger partial charge >= 0.3 is 6.09 Å². The lowest BCUT2D eigenvalue weighted by Crippen LogP contribution is -2.41. The van der Waals surface area contributed by atoms with Gasteiger partial charge in [-0.3, -0.25) is 4.79 Å². The van der Waals surface area contributed by atoms with Gasteiger partial charge in [0.05, 0.1) is 6.04 Å². The smallest absolute Gasteiger partial charge is 0.416 e. The second-order valence-corrected chi connectivity index (χ2v) is 8.20. The summed E-state index contributed by atoms with van der Waals surface area (Å²) in [7, 11) is 0. The SMILES string of the molecule is Cc1ccc2c(c1)[C@@H](CC(=O)N1C(=O)OC[C@H]1Cc1ccccc1)CC[C@@H]2C. The van der Waals surface area contributed by atoms with Crippen LogP contribution in [0.25, 0.3) is 0 Å². The Morgan fingerprint density at radius 2 is 1.89 bits per heavy atom. The molecule has 4 heteroatoms. The minimum absolute atomic E-state index is 0.115. The molecule has 28 heavy (non-hydrogen) atoms. The molecular weight excluding hydrogens is 350 g/mol. The van der Waals surface area contributed by atoms with Crippen LogP contribution in [0.15, 0.2) is 48.5 Å². The van der Waals surface area contributed by atoms with E-state index in [2.05, 4.69) is 32.0 Å². The highest BCUT2D eigenvalue weighted by molar-refractivity contribution is 5.94. The number of cyclic esters (lactones) is 1. The molecule has 4 rings (SSSR count). The molecule has 1 saturated heterocycles. The molecule has 1 fully saturated rings. The van der Waals surface area contributed by atoms with Crippen molar-refractivity contribution in [3.8, 4) is 0 Å². The van der Waals surface area contributed by atoms with Crippen molar-refractivity contribution >= 4 is 12.0 Å². The highest BCUT2D eigenvalue weighted by Gasteiger charge is 2.39. The third kappa shape index (κ3) is 3.68. The minimum Gasteiger partial charge on any atom is -0.447 e. The van der Waals surface area contributed by atoms with Gasteiger partial charge in [-0.1, -0.05) is 61.0 Å². The van der Waals surface area contributed by atoms with E-state index in [1.165, 1.54) is 21.6 Å². The Balaban J connectivity index is 1.52. The van der Waals surface area contributed by atoms with Gasteiger partial charge in [0.25, 0.3) is 0 Å². The standard InChI is InChI=1S/C24H27NO3/c1-16-8-11-21-17(2)9-10-19(22(21)12-16)14-23(26)25-20(15-28-24(25)27)13-18-6-4-3-5-7-18/h3-8,11-12,17,19-20H,9-10,13-15H2,1-2H3/t17-,19+,20+/m0/s1. The van der Waals surface area contributed by atoms with E-state index in [-0.39, 0.29) is 24.5 Å². The fourth-order valence-electron chi connectivity index (χ4n) is 4.58. The first-order valence-electron chi connectivity index (χ1n) is 10.2. The maximum atomic E-state index is 13.1. The molecule has 2 amide bonds. The summed E-state index contributed by atoms with van der Waals surface area (Å²) in [4.78, 5) is 26.8. The van der Waals surface area contributed by atoms with Gasteiger partial charge in [-0.25, -0.2) is 9.69 Å². The van der Waals surface area contributed by atoms with E-state index in [0.29, 0.717) is 18.8 Å². The van der Waals surface area contributed by atoms with Crippen LogP contribution < -0.4 is 0 Å². The first-order chi connectivity index (χ1) is 13.5. The molecule has 0 spiro atoms. The van der Waals surface area contributed by atoms with Crippen molar-refractivity contribution in [3.05, 3.63) is 70.8 Å². The Morgan fingerprint density at radius 3 is 2.68 bits per heavy atom. The zero-order valence-electron chi connectivity index (χ0n) is 16.6. The fourth-order valence-corrected chi connectivity index (χ4v) is 4.58. The summed E-state index contributed by atoms with van der Waals surface area (Å²) in [5.74, 6) is 0.573. The van der Waals surface area contributed by atoms with Crippen LogP contribution in [0, 0.1) is 6.92 Å². The van der Waals surface area contributed by atoms with E-state index >= 15 is 0 Å². The number of carbonyl (C=O) groups excluding carboxylic acids is 2. The monoisotopic (exact) mass is 377 g/mol. The predicted molar refractivity (Wildman–Crippen MR) is 108 cm³/mol. The molecule has 146 valence electrons. The molecule has 0 saturated carbocycles. The van der Waals surface area contributed by atoms with Gasteiger partial charge in [0, 0.05) is 6.42 Å². The number of imide groups is 1. The number of benzene rings is 2. The van der Waals surface area contributed by atoms with Crippen LogP contribution in [0.3, 0.4) is 0 Å². The van der Waals surface area contributed by atoms with Gasteiger partial charge in [0.15, 0.2) is 0 Å². The molecule has 0 radical (unpaired) electrons. The number of aryl methyl sites for hydroxylation is 1. The predicted octanol–water partition coefficient (Wildman–Crippen LogP) is 4.96. The first-order valence-corrected chi connectivity index (χ1v) is 10.2. The quantitative estimate of drug-likeness (QED) is 0.757. The number of rotatable bonds is 4. The number of ether oxygens (including phenoxy) is 1. The summed E-state index contributed by atoms with van der Waals surface area (Å²) in [5.41, 5.74) is 4.95. The molecule has 2 aromatic rings. The second-order valence-electron chi connectivity index (χ2n) is 8.20. The topological polar surface area (TPSA) is 46.6 Å². The number of carbonyl (C=O) groups is 2. The number of hydrogen-bond acceptors (Lipinski definition) is 3. The van der Waals surface area contributed by atoms with Crippen molar-refractivity contribution in [2.75, 3.05) is 6.61 Å². The number of fused-ring (bicyclic) bond motifs is 1. The van der Waals surface area contributed by atoms with Gasteiger partial charge in [-0.05, 0) is 54.7 Å². The molecule has 1 aliphatic heterocycles. The average molecular weight is 377 g/mol. The minimum atomic E-state index is -0.500. The zero-order chi connectivity index (χ0) is 19.7.